The molecule has 1 rings (SSSR count). The van der Waals surface area contributed by atoms with E-state index in [4.69, 9.17) is 17.2 Å². The van der Waals surface area contributed by atoms with Crippen LogP contribution in [-0.4, -0.2) is 144 Å². The van der Waals surface area contributed by atoms with E-state index in [1.807, 2.05) is 0 Å². The number of thiol groups is 1. The fraction of sp³-hybridized carbons (Fsp3) is 0.515. The molecule has 8 amide bonds. The quantitative estimate of drug-likeness (QED) is 0.0189. The number of carbonyl (C=O) groups excluding carboxylic acids is 8. The lowest BCUT2D eigenvalue weighted by atomic mass is 10.1. The number of carboxylic acid groups (broad SMARTS) is 1. The van der Waals surface area contributed by atoms with Crippen LogP contribution in [0.3, 0.4) is 0 Å². The largest absolute Gasteiger partial charge is 0.480 e. The van der Waals surface area contributed by atoms with Crippen LogP contribution in [0.25, 0.3) is 0 Å². The molecule has 0 aliphatic heterocycles. The predicted octanol–water partition coefficient (Wildman–Crippen LogP) is -6.57. The number of hydrogen-bond acceptors (Lipinski definition) is 13. The first-order valence-electron chi connectivity index (χ1n) is 17.5. The van der Waals surface area contributed by atoms with Crippen LogP contribution in [0.1, 0.15) is 32.3 Å². The first-order valence-corrected chi connectivity index (χ1v) is 18.1. The predicted molar refractivity (Wildman–Crippen MR) is 207 cm³/mol. The van der Waals surface area contributed by atoms with E-state index in [9.17, 15) is 53.4 Å². The zero-order chi connectivity index (χ0) is 43.1. The minimum absolute atomic E-state index is 0.00673. The van der Waals surface area contributed by atoms with E-state index in [2.05, 4.69) is 60.2 Å². The van der Waals surface area contributed by atoms with E-state index >= 15 is 0 Å². The molecular weight excluding hydrogens is 773 g/mol. The average molecular weight is 825 g/mol. The molecule has 0 unspecified atom stereocenters. The third-order valence-corrected chi connectivity index (χ3v) is 8.05. The van der Waals surface area contributed by atoms with Crippen LogP contribution in [0.5, 0.6) is 0 Å². The molecule has 57 heavy (non-hydrogen) atoms. The second-order valence-electron chi connectivity index (χ2n) is 12.4. The van der Waals surface area contributed by atoms with Crippen LogP contribution in [-0.2, 0) is 49.6 Å². The van der Waals surface area contributed by atoms with Crippen LogP contribution >= 0.6 is 12.6 Å². The number of guanidine groups is 1. The second kappa shape index (κ2) is 26.0. The molecule has 0 aromatic heterocycles. The van der Waals surface area contributed by atoms with Crippen molar-refractivity contribution in [3.05, 3.63) is 35.9 Å². The molecule has 6 atom stereocenters. The molecule has 1 aromatic carbocycles. The van der Waals surface area contributed by atoms with Gasteiger partial charge in [-0.3, -0.25) is 43.3 Å². The average Bonchev–Trinajstić information content (AvgIpc) is 3.17. The molecule has 0 saturated heterocycles. The molecule has 316 valence electrons. The number of nitrogens with two attached hydrogens (primary N) is 3. The summed E-state index contributed by atoms with van der Waals surface area (Å²) in [5.74, 6) is -8.02. The number of carboxylic acids is 1. The van der Waals surface area contributed by atoms with Gasteiger partial charge in [-0.15, -0.1) is 0 Å². The lowest BCUT2D eigenvalue weighted by Crippen LogP contribution is -2.56. The molecule has 1 aromatic rings. The minimum atomic E-state index is -1.55. The second-order valence-corrected chi connectivity index (χ2v) is 12.8. The van der Waals surface area contributed by atoms with Crippen molar-refractivity contribution in [1.29, 1.82) is 0 Å². The highest BCUT2D eigenvalue weighted by molar-refractivity contribution is 7.80. The molecule has 0 aliphatic carbocycles. The Labute approximate surface area is 333 Å². The van der Waals surface area contributed by atoms with E-state index < -0.39 is 116 Å². The summed E-state index contributed by atoms with van der Waals surface area (Å²) in [5, 5.41) is 37.5. The number of hydrogen-bond donors (Lipinski definition) is 14. The molecule has 0 fully saturated rings. The summed E-state index contributed by atoms with van der Waals surface area (Å²) in [6.45, 7) is -0.129. The van der Waals surface area contributed by atoms with Crippen molar-refractivity contribution in [2.75, 3.05) is 38.5 Å². The summed E-state index contributed by atoms with van der Waals surface area (Å²) in [4.78, 5) is 115. The molecule has 16 N–H and O–H groups in total. The highest BCUT2D eigenvalue weighted by atomic mass is 32.1. The van der Waals surface area contributed by atoms with Gasteiger partial charge in [0.15, 0.2) is 5.96 Å². The van der Waals surface area contributed by atoms with Gasteiger partial charge in [-0.1, -0.05) is 30.3 Å². The summed E-state index contributed by atoms with van der Waals surface area (Å²) in [6, 6.07) is 1.24. The monoisotopic (exact) mass is 824 g/mol. The summed E-state index contributed by atoms with van der Waals surface area (Å²) in [6.07, 6.45) is 0.183. The van der Waals surface area contributed by atoms with Crippen molar-refractivity contribution in [3.8, 4) is 0 Å². The maximum absolute atomic E-state index is 13.0. The Morgan fingerprint density at radius 3 is 1.74 bits per heavy atom. The number of aliphatic carboxylic acids is 1. The number of nitrogens with zero attached hydrogens (tertiary/aromatic N) is 1. The summed E-state index contributed by atoms with van der Waals surface area (Å²) >= 11 is 3.92. The van der Waals surface area contributed by atoms with Crippen molar-refractivity contribution < 1.29 is 53.4 Å². The SMILES string of the molecule is C[C@H](NC(=O)[C@H](C)NC(=O)[C@@H](N)CS)C(=O)N[C@@H](CCCN=C(N)N)C(=O)NCC(=O)NCC(=O)N[C@@H](CO)C(=O)NCC(=O)N[C@@H](Cc1ccccc1)C(=O)O. The molecule has 0 radical (unpaired) electrons. The van der Waals surface area contributed by atoms with Crippen LogP contribution in [0.2, 0.25) is 0 Å². The van der Waals surface area contributed by atoms with Gasteiger partial charge in [0, 0.05) is 18.7 Å². The Morgan fingerprint density at radius 2 is 1.19 bits per heavy atom. The lowest BCUT2D eigenvalue weighted by Gasteiger charge is -2.22. The maximum atomic E-state index is 13.0. The smallest absolute Gasteiger partial charge is 0.326 e. The molecule has 0 heterocycles. The van der Waals surface area contributed by atoms with Crippen molar-refractivity contribution in [3.63, 3.8) is 0 Å². The van der Waals surface area contributed by atoms with Gasteiger partial charge in [0.1, 0.15) is 30.2 Å². The Morgan fingerprint density at radius 1 is 0.684 bits per heavy atom. The molecule has 23 nitrogen and oxygen atoms in total. The van der Waals surface area contributed by atoms with Gasteiger partial charge >= 0.3 is 5.97 Å². The maximum Gasteiger partial charge on any atom is 0.326 e. The van der Waals surface area contributed by atoms with Crippen LogP contribution in [0, 0.1) is 0 Å². The summed E-state index contributed by atoms with van der Waals surface area (Å²) in [5.41, 5.74) is 16.9. The first kappa shape index (κ1) is 49.0. The molecule has 0 bridgehead atoms. The fourth-order valence-electron chi connectivity index (χ4n) is 4.50. The van der Waals surface area contributed by atoms with Gasteiger partial charge in [-0.05, 0) is 32.3 Å². The Bertz CT molecular complexity index is 1600. The van der Waals surface area contributed by atoms with Crippen LogP contribution in [0.4, 0.5) is 0 Å². The standard InChI is InChI=1S/C33H52N12O11S/c1-17(42-29(52)20(34)16-57)27(50)41-18(2)28(51)45-21(9-6-10-37-33(35)36)30(53)39-12-24(47)38-13-25(48)44-23(15-46)31(54)40-14-26(49)43-22(32(55)56)11-19-7-4-3-5-8-19/h3-5,7-8,17-18,20-23,46,57H,6,9-16,34H2,1-2H3,(H,38,47)(H,39,53)(H,40,54)(H,41,50)(H,42,52)(H,43,49)(H,44,48)(H,45,51)(H,55,56)(H4,35,36,37)/t17-,18-,20-,21-,22-,23-/m0/s1. The Hall–Kier alpha value is -6.01. The number of aliphatic hydroxyl groups excluding tert-OH is 1. The van der Waals surface area contributed by atoms with Gasteiger partial charge in [-0.25, -0.2) is 4.79 Å². The molecular formula is C33H52N12O11S. The van der Waals surface area contributed by atoms with E-state index in [0.717, 1.165) is 0 Å². The number of aliphatic imine (C=N–C) groups is 1. The highest BCUT2D eigenvalue weighted by Gasteiger charge is 2.27. The molecule has 0 aliphatic rings. The van der Waals surface area contributed by atoms with Crippen molar-refractivity contribution >= 4 is 71.8 Å². The van der Waals surface area contributed by atoms with Gasteiger partial charge in [0.05, 0.1) is 32.3 Å². The number of rotatable bonds is 25. The van der Waals surface area contributed by atoms with Crippen LogP contribution in [0.15, 0.2) is 35.3 Å². The summed E-state index contributed by atoms with van der Waals surface area (Å²) in [7, 11) is 0. The zero-order valence-corrected chi connectivity index (χ0v) is 32.3. The number of nitrogens with one attached hydrogen (secondary N) is 8. The van der Waals surface area contributed by atoms with E-state index in [0.29, 0.717) is 5.56 Å². The minimum Gasteiger partial charge on any atom is -0.480 e. The van der Waals surface area contributed by atoms with E-state index in [-0.39, 0.29) is 37.5 Å². The number of carbonyl (C=O) groups is 9. The third-order valence-electron chi connectivity index (χ3n) is 7.66. The fourth-order valence-corrected chi connectivity index (χ4v) is 4.66. The van der Waals surface area contributed by atoms with E-state index in [1.54, 1.807) is 30.3 Å². The van der Waals surface area contributed by atoms with E-state index in [1.165, 1.54) is 13.8 Å². The molecule has 0 saturated carbocycles. The lowest BCUT2D eigenvalue weighted by molar-refractivity contribution is -0.141. The summed E-state index contributed by atoms with van der Waals surface area (Å²) < 4.78 is 0. The van der Waals surface area contributed by atoms with Gasteiger partial charge < -0.3 is 69.9 Å². The number of aliphatic hydroxyl groups is 1. The van der Waals surface area contributed by atoms with Crippen LogP contribution < -0.4 is 59.7 Å². The number of amides is 8. The zero-order valence-electron chi connectivity index (χ0n) is 31.4. The molecule has 0 spiro atoms. The topological polar surface area (TPSA) is 381 Å². The normalized spacial score (nSPS) is 13.7. The first-order chi connectivity index (χ1) is 26.9. The number of benzene rings is 1. The van der Waals surface area contributed by atoms with Crippen molar-refractivity contribution in [2.24, 2.45) is 22.2 Å². The van der Waals surface area contributed by atoms with Crippen molar-refractivity contribution in [2.45, 2.75) is 69.4 Å². The van der Waals surface area contributed by atoms with Gasteiger partial charge in [0.2, 0.25) is 47.3 Å². The molecule has 24 heteroatoms. The van der Waals surface area contributed by atoms with Gasteiger partial charge in [0.25, 0.3) is 0 Å². The Balaban J connectivity index is 2.66. The van der Waals surface area contributed by atoms with Gasteiger partial charge in [-0.2, -0.15) is 12.6 Å². The Kier molecular flexibility index (Phi) is 22.3. The highest BCUT2D eigenvalue weighted by Crippen LogP contribution is 2.04. The van der Waals surface area contributed by atoms with Crippen molar-refractivity contribution in [1.82, 2.24) is 42.5 Å². The third kappa shape index (κ3) is 19.9.